The van der Waals surface area contributed by atoms with Gasteiger partial charge in [-0.2, -0.15) is 0 Å². The van der Waals surface area contributed by atoms with Crippen molar-refractivity contribution in [1.29, 1.82) is 0 Å². The van der Waals surface area contributed by atoms with Crippen molar-refractivity contribution in [2.24, 2.45) is 5.92 Å². The third-order valence-corrected chi connectivity index (χ3v) is 7.42. The molecule has 2 fully saturated rings. The fourth-order valence-corrected chi connectivity index (χ4v) is 5.30. The molecule has 0 bridgehead atoms. The van der Waals surface area contributed by atoms with E-state index < -0.39 is 6.04 Å². The monoisotopic (exact) mass is 453 g/mol. The number of aryl methyl sites for hydroxylation is 1. The van der Waals surface area contributed by atoms with E-state index in [0.29, 0.717) is 31.5 Å². The van der Waals surface area contributed by atoms with Crippen molar-refractivity contribution in [2.45, 2.75) is 45.1 Å². The summed E-state index contributed by atoms with van der Waals surface area (Å²) in [6.07, 6.45) is 4.58. The summed E-state index contributed by atoms with van der Waals surface area (Å²) in [6.45, 7) is 4.70. The average molecular weight is 454 g/mol. The van der Waals surface area contributed by atoms with E-state index in [1.165, 1.54) is 11.3 Å². The number of thiophene rings is 1. The first-order chi connectivity index (χ1) is 15.5. The van der Waals surface area contributed by atoms with Gasteiger partial charge in [-0.15, -0.1) is 11.3 Å². The van der Waals surface area contributed by atoms with Crippen LogP contribution in [0.25, 0.3) is 0 Å². The molecule has 0 aliphatic carbocycles. The molecule has 0 spiro atoms. The molecule has 1 N–H and O–H groups in total. The molecule has 2 saturated heterocycles. The van der Waals surface area contributed by atoms with Crippen LogP contribution in [0.1, 0.15) is 57.7 Å². The second kappa shape index (κ2) is 10.3. The van der Waals surface area contributed by atoms with Crippen LogP contribution in [0.4, 0.5) is 0 Å². The third kappa shape index (κ3) is 5.21. The molecule has 1 atom stereocenters. The van der Waals surface area contributed by atoms with Crippen molar-refractivity contribution < 1.29 is 14.4 Å². The van der Waals surface area contributed by atoms with E-state index in [2.05, 4.69) is 5.32 Å². The number of rotatable bonds is 5. The van der Waals surface area contributed by atoms with Crippen molar-refractivity contribution in [3.8, 4) is 0 Å². The number of hydrogen-bond donors (Lipinski definition) is 1. The minimum absolute atomic E-state index is 0.0196. The van der Waals surface area contributed by atoms with Crippen LogP contribution >= 0.6 is 11.3 Å². The molecule has 3 heterocycles. The summed E-state index contributed by atoms with van der Waals surface area (Å²) in [5.74, 6) is -0.113. The second-order valence-electron chi connectivity index (χ2n) is 8.81. The van der Waals surface area contributed by atoms with E-state index >= 15 is 0 Å². The lowest BCUT2D eigenvalue weighted by atomic mass is 9.87. The van der Waals surface area contributed by atoms with Crippen LogP contribution in [0, 0.1) is 12.8 Å². The summed E-state index contributed by atoms with van der Waals surface area (Å²) in [4.78, 5) is 43.7. The van der Waals surface area contributed by atoms with E-state index in [0.717, 1.165) is 42.8 Å². The van der Waals surface area contributed by atoms with Crippen LogP contribution in [0.15, 0.2) is 41.8 Å². The predicted molar refractivity (Wildman–Crippen MR) is 126 cm³/mol. The zero-order valence-electron chi connectivity index (χ0n) is 18.6. The van der Waals surface area contributed by atoms with Crippen LogP contribution in [0.2, 0.25) is 0 Å². The van der Waals surface area contributed by atoms with Gasteiger partial charge in [0.1, 0.15) is 6.04 Å². The number of benzene rings is 1. The summed E-state index contributed by atoms with van der Waals surface area (Å²) >= 11 is 1.45. The largest absolute Gasteiger partial charge is 0.341 e. The normalized spacial score (nSPS) is 18.3. The fraction of sp³-hybridized carbons (Fsp3) is 0.480. The van der Waals surface area contributed by atoms with E-state index in [4.69, 9.17) is 0 Å². The SMILES string of the molecule is Cc1ccc(C(=O)N[C@@H](C(=O)N2CCCCC2)C2CCN(C(=O)c3cccs3)CC2)cc1. The van der Waals surface area contributed by atoms with Gasteiger partial charge in [0.25, 0.3) is 11.8 Å². The lowest BCUT2D eigenvalue weighted by Gasteiger charge is -2.38. The molecule has 4 rings (SSSR count). The van der Waals surface area contributed by atoms with Gasteiger partial charge in [-0.05, 0) is 68.5 Å². The Bertz CT molecular complexity index is 928. The Morgan fingerprint density at radius 1 is 0.938 bits per heavy atom. The zero-order chi connectivity index (χ0) is 22.5. The van der Waals surface area contributed by atoms with Gasteiger partial charge in [0.05, 0.1) is 4.88 Å². The lowest BCUT2D eigenvalue weighted by Crippen LogP contribution is -2.55. The van der Waals surface area contributed by atoms with Gasteiger partial charge in [0.15, 0.2) is 0 Å². The Kier molecular flexibility index (Phi) is 7.25. The molecule has 0 saturated carbocycles. The fourth-order valence-electron chi connectivity index (χ4n) is 4.61. The molecule has 1 aromatic heterocycles. The number of carbonyl (C=O) groups is 3. The number of piperidine rings is 2. The standard InChI is InChI=1S/C25H31N3O3S/c1-18-7-9-20(10-8-18)23(29)26-22(25(31)27-13-3-2-4-14-27)19-11-15-28(16-12-19)24(30)21-6-5-17-32-21/h5-10,17,19,22H,2-4,11-16H2,1H3,(H,26,29)/t22-/m1/s1. The molecular formula is C25H31N3O3S. The highest BCUT2D eigenvalue weighted by Crippen LogP contribution is 2.25. The predicted octanol–water partition coefficient (Wildman–Crippen LogP) is 3.72. The van der Waals surface area contributed by atoms with Crippen LogP contribution in [0.3, 0.4) is 0 Å². The van der Waals surface area contributed by atoms with Crippen molar-refractivity contribution in [3.63, 3.8) is 0 Å². The smallest absolute Gasteiger partial charge is 0.263 e. The third-order valence-electron chi connectivity index (χ3n) is 6.56. The summed E-state index contributed by atoms with van der Waals surface area (Å²) in [5.41, 5.74) is 1.66. The minimum atomic E-state index is -0.555. The van der Waals surface area contributed by atoms with Crippen molar-refractivity contribution in [2.75, 3.05) is 26.2 Å². The van der Waals surface area contributed by atoms with Gasteiger partial charge in [0, 0.05) is 31.7 Å². The van der Waals surface area contributed by atoms with Crippen molar-refractivity contribution in [1.82, 2.24) is 15.1 Å². The molecule has 6 nitrogen and oxygen atoms in total. The highest BCUT2D eigenvalue weighted by Gasteiger charge is 2.36. The first kappa shape index (κ1) is 22.5. The molecule has 32 heavy (non-hydrogen) atoms. The maximum atomic E-state index is 13.5. The molecule has 2 aliphatic heterocycles. The van der Waals surface area contributed by atoms with Gasteiger partial charge >= 0.3 is 0 Å². The molecule has 1 aromatic carbocycles. The Hall–Kier alpha value is -2.67. The Morgan fingerprint density at radius 3 is 2.25 bits per heavy atom. The topological polar surface area (TPSA) is 69.7 Å². The van der Waals surface area contributed by atoms with Crippen LogP contribution in [-0.2, 0) is 4.79 Å². The van der Waals surface area contributed by atoms with Gasteiger partial charge in [-0.3, -0.25) is 14.4 Å². The van der Waals surface area contributed by atoms with Gasteiger partial charge in [0.2, 0.25) is 5.91 Å². The second-order valence-corrected chi connectivity index (χ2v) is 9.76. The van der Waals surface area contributed by atoms with Crippen LogP contribution < -0.4 is 5.32 Å². The zero-order valence-corrected chi connectivity index (χ0v) is 19.4. The highest BCUT2D eigenvalue weighted by molar-refractivity contribution is 7.12. The molecule has 3 amide bonds. The van der Waals surface area contributed by atoms with Crippen LogP contribution in [0.5, 0.6) is 0 Å². The van der Waals surface area contributed by atoms with E-state index in [9.17, 15) is 14.4 Å². The average Bonchev–Trinajstić information content (AvgIpc) is 3.38. The number of carbonyl (C=O) groups excluding carboxylic acids is 3. The maximum absolute atomic E-state index is 13.5. The summed E-state index contributed by atoms with van der Waals surface area (Å²) in [5, 5.41) is 4.97. The number of hydrogen-bond acceptors (Lipinski definition) is 4. The van der Waals surface area contributed by atoms with E-state index in [1.54, 1.807) is 12.1 Å². The Labute approximate surface area is 193 Å². The minimum Gasteiger partial charge on any atom is -0.341 e. The quantitative estimate of drug-likeness (QED) is 0.750. The van der Waals surface area contributed by atoms with Gasteiger partial charge < -0.3 is 15.1 Å². The van der Waals surface area contributed by atoms with Gasteiger partial charge in [-0.1, -0.05) is 23.8 Å². The first-order valence-electron chi connectivity index (χ1n) is 11.5. The Balaban J connectivity index is 1.46. The van der Waals surface area contributed by atoms with E-state index in [1.807, 2.05) is 46.4 Å². The molecule has 170 valence electrons. The van der Waals surface area contributed by atoms with Crippen molar-refractivity contribution in [3.05, 3.63) is 57.8 Å². The molecule has 2 aromatic rings. The summed E-state index contributed by atoms with van der Waals surface area (Å²) in [7, 11) is 0. The molecular weight excluding hydrogens is 422 g/mol. The number of nitrogens with zero attached hydrogens (tertiary/aromatic N) is 2. The van der Waals surface area contributed by atoms with Gasteiger partial charge in [-0.25, -0.2) is 0 Å². The number of likely N-dealkylation sites (tertiary alicyclic amines) is 2. The lowest BCUT2D eigenvalue weighted by molar-refractivity contribution is -0.136. The van der Waals surface area contributed by atoms with Crippen LogP contribution in [-0.4, -0.2) is 59.7 Å². The molecule has 0 radical (unpaired) electrons. The molecule has 2 aliphatic rings. The highest BCUT2D eigenvalue weighted by atomic mass is 32.1. The first-order valence-corrected chi connectivity index (χ1v) is 12.4. The number of amides is 3. The van der Waals surface area contributed by atoms with Crippen molar-refractivity contribution >= 4 is 29.1 Å². The summed E-state index contributed by atoms with van der Waals surface area (Å²) < 4.78 is 0. The Morgan fingerprint density at radius 2 is 1.62 bits per heavy atom. The maximum Gasteiger partial charge on any atom is 0.263 e. The number of nitrogens with one attached hydrogen (secondary N) is 1. The summed E-state index contributed by atoms with van der Waals surface area (Å²) in [6, 6.07) is 10.6. The molecule has 7 heteroatoms. The molecule has 0 unspecified atom stereocenters. The van der Waals surface area contributed by atoms with E-state index in [-0.39, 0.29) is 23.6 Å².